The Morgan fingerprint density at radius 2 is 1.82 bits per heavy atom. The first-order valence-corrected chi connectivity index (χ1v) is 7.21. The quantitative estimate of drug-likeness (QED) is 0.765. The highest BCUT2D eigenvalue weighted by molar-refractivity contribution is 4.88. The minimum absolute atomic E-state index is 0.293. The van der Waals surface area contributed by atoms with Crippen molar-refractivity contribution in [3.05, 3.63) is 0 Å². The average Bonchev–Trinajstić information content (AvgIpc) is 2.36. The second-order valence-electron chi connectivity index (χ2n) is 5.87. The summed E-state index contributed by atoms with van der Waals surface area (Å²) in [7, 11) is 0. The Bertz CT molecular complexity index is 210. The molecule has 1 heterocycles. The van der Waals surface area contributed by atoms with Crippen molar-refractivity contribution in [2.24, 2.45) is 0 Å². The van der Waals surface area contributed by atoms with Crippen LogP contribution < -0.4 is 5.32 Å². The highest BCUT2D eigenvalue weighted by atomic mass is 15.3. The lowest BCUT2D eigenvalue weighted by atomic mass is 9.99. The van der Waals surface area contributed by atoms with E-state index in [1.165, 1.54) is 26.1 Å². The van der Waals surface area contributed by atoms with Gasteiger partial charge in [-0.3, -0.25) is 9.80 Å². The molecule has 17 heavy (non-hydrogen) atoms. The van der Waals surface area contributed by atoms with Gasteiger partial charge in [-0.25, -0.2) is 0 Å². The van der Waals surface area contributed by atoms with Crippen LogP contribution in [0.1, 0.15) is 41.0 Å². The Morgan fingerprint density at radius 3 is 2.29 bits per heavy atom. The Hall–Kier alpha value is -0.120. The van der Waals surface area contributed by atoms with Gasteiger partial charge in [-0.2, -0.15) is 0 Å². The van der Waals surface area contributed by atoms with Gasteiger partial charge < -0.3 is 5.32 Å². The fourth-order valence-electron chi connectivity index (χ4n) is 2.70. The third-order valence-corrected chi connectivity index (χ3v) is 4.18. The Kier molecular flexibility index (Phi) is 5.90. The lowest BCUT2D eigenvalue weighted by Gasteiger charge is -2.45. The number of hydrogen-bond acceptors (Lipinski definition) is 3. The summed E-state index contributed by atoms with van der Waals surface area (Å²) in [6.45, 7) is 18.7. The smallest absolute Gasteiger partial charge is 0.0281 e. The van der Waals surface area contributed by atoms with Gasteiger partial charge in [-0.15, -0.1) is 0 Å². The summed E-state index contributed by atoms with van der Waals surface area (Å²) in [5.41, 5.74) is 0.293. The van der Waals surface area contributed by atoms with Crippen molar-refractivity contribution >= 4 is 0 Å². The van der Waals surface area contributed by atoms with Gasteiger partial charge >= 0.3 is 0 Å². The molecule has 0 bridgehead atoms. The molecule has 1 saturated heterocycles. The van der Waals surface area contributed by atoms with E-state index < -0.39 is 0 Å². The van der Waals surface area contributed by atoms with Gasteiger partial charge in [0.2, 0.25) is 0 Å². The molecule has 1 aliphatic heterocycles. The zero-order valence-electron chi connectivity index (χ0n) is 12.4. The van der Waals surface area contributed by atoms with Gasteiger partial charge in [0.25, 0.3) is 0 Å². The first-order chi connectivity index (χ1) is 8.01. The summed E-state index contributed by atoms with van der Waals surface area (Å²) >= 11 is 0. The van der Waals surface area contributed by atoms with Gasteiger partial charge in [0.15, 0.2) is 0 Å². The summed E-state index contributed by atoms with van der Waals surface area (Å²) in [6.07, 6.45) is 1.24. The minimum atomic E-state index is 0.293. The number of nitrogens with zero attached hydrogens (tertiary/aromatic N) is 2. The predicted molar refractivity (Wildman–Crippen MR) is 75.5 cm³/mol. The number of rotatable bonds is 6. The number of nitrogens with one attached hydrogen (secondary N) is 1. The normalized spacial score (nSPS) is 20.8. The first kappa shape index (κ1) is 14.9. The van der Waals surface area contributed by atoms with Crippen LogP contribution in [0.15, 0.2) is 0 Å². The van der Waals surface area contributed by atoms with E-state index in [1.54, 1.807) is 0 Å². The first-order valence-electron chi connectivity index (χ1n) is 7.21. The lowest BCUT2D eigenvalue weighted by molar-refractivity contribution is 0.0511. The Morgan fingerprint density at radius 1 is 1.24 bits per heavy atom. The molecular weight excluding hydrogens is 210 g/mol. The maximum absolute atomic E-state index is 3.43. The van der Waals surface area contributed by atoms with Crippen LogP contribution in [-0.2, 0) is 0 Å². The van der Waals surface area contributed by atoms with Crippen molar-refractivity contribution in [3.63, 3.8) is 0 Å². The van der Waals surface area contributed by atoms with Crippen LogP contribution >= 0.6 is 0 Å². The topological polar surface area (TPSA) is 18.5 Å². The Labute approximate surface area is 108 Å². The number of likely N-dealkylation sites (N-methyl/N-ethyl adjacent to an activating group) is 1. The predicted octanol–water partition coefficient (Wildman–Crippen LogP) is 1.79. The fraction of sp³-hybridized carbons (Fsp3) is 1.00. The molecule has 3 nitrogen and oxygen atoms in total. The molecule has 1 atom stereocenters. The van der Waals surface area contributed by atoms with E-state index in [0.29, 0.717) is 11.6 Å². The molecule has 3 heteroatoms. The van der Waals surface area contributed by atoms with Crippen molar-refractivity contribution in [2.45, 2.75) is 52.6 Å². The molecule has 1 aliphatic rings. The summed E-state index contributed by atoms with van der Waals surface area (Å²) in [4.78, 5) is 5.25. The average molecular weight is 241 g/mol. The largest absolute Gasteiger partial charge is 0.314 e. The van der Waals surface area contributed by atoms with Gasteiger partial charge in [0, 0.05) is 44.3 Å². The molecule has 0 aromatic heterocycles. The summed E-state index contributed by atoms with van der Waals surface area (Å²) in [5.74, 6) is 0. The summed E-state index contributed by atoms with van der Waals surface area (Å²) < 4.78 is 0. The van der Waals surface area contributed by atoms with Crippen LogP contribution in [0.25, 0.3) is 0 Å². The molecule has 1 N–H and O–H groups in total. The molecule has 1 fully saturated rings. The zero-order valence-corrected chi connectivity index (χ0v) is 12.4. The standard InChI is InChI=1S/C14H31N3/c1-6-13(3)16(7-2)12-14(4,5)17-10-8-15-9-11-17/h13,15H,6-12H2,1-5H3. The van der Waals surface area contributed by atoms with E-state index in [2.05, 4.69) is 49.7 Å². The maximum atomic E-state index is 3.43. The van der Waals surface area contributed by atoms with Crippen LogP contribution in [0.2, 0.25) is 0 Å². The Balaban J connectivity index is 2.56. The highest BCUT2D eigenvalue weighted by Gasteiger charge is 2.30. The van der Waals surface area contributed by atoms with Crippen LogP contribution in [-0.4, -0.2) is 60.6 Å². The number of hydrogen-bond donors (Lipinski definition) is 1. The maximum Gasteiger partial charge on any atom is 0.0281 e. The van der Waals surface area contributed by atoms with Crippen LogP contribution in [0.3, 0.4) is 0 Å². The number of piperazine rings is 1. The molecule has 0 radical (unpaired) electrons. The fourth-order valence-corrected chi connectivity index (χ4v) is 2.70. The van der Waals surface area contributed by atoms with Crippen LogP contribution in [0.5, 0.6) is 0 Å². The zero-order chi connectivity index (χ0) is 12.9. The third-order valence-electron chi connectivity index (χ3n) is 4.18. The molecule has 1 unspecified atom stereocenters. The highest BCUT2D eigenvalue weighted by Crippen LogP contribution is 2.18. The molecule has 0 spiro atoms. The van der Waals surface area contributed by atoms with E-state index in [4.69, 9.17) is 0 Å². The molecule has 0 aromatic carbocycles. The van der Waals surface area contributed by atoms with Crippen LogP contribution in [0.4, 0.5) is 0 Å². The van der Waals surface area contributed by atoms with E-state index in [9.17, 15) is 0 Å². The summed E-state index contributed by atoms with van der Waals surface area (Å²) in [6, 6.07) is 0.696. The monoisotopic (exact) mass is 241 g/mol. The minimum Gasteiger partial charge on any atom is -0.314 e. The molecule has 0 aliphatic carbocycles. The molecule has 1 rings (SSSR count). The third kappa shape index (κ3) is 4.23. The van der Waals surface area contributed by atoms with Gasteiger partial charge in [-0.1, -0.05) is 13.8 Å². The second kappa shape index (κ2) is 6.72. The molecular formula is C14H31N3. The molecule has 0 saturated carbocycles. The van der Waals surface area contributed by atoms with Gasteiger partial charge in [0.05, 0.1) is 0 Å². The SMILES string of the molecule is CCC(C)N(CC)CC(C)(C)N1CCNCC1. The molecule has 0 aromatic rings. The summed E-state index contributed by atoms with van der Waals surface area (Å²) in [5, 5.41) is 3.43. The van der Waals surface area contributed by atoms with Gasteiger partial charge in [-0.05, 0) is 33.7 Å². The van der Waals surface area contributed by atoms with Crippen molar-refractivity contribution in [1.29, 1.82) is 0 Å². The van der Waals surface area contributed by atoms with Crippen molar-refractivity contribution < 1.29 is 0 Å². The van der Waals surface area contributed by atoms with E-state index in [-0.39, 0.29) is 0 Å². The lowest BCUT2D eigenvalue weighted by Crippen LogP contribution is -2.58. The van der Waals surface area contributed by atoms with Crippen molar-refractivity contribution in [3.8, 4) is 0 Å². The van der Waals surface area contributed by atoms with E-state index in [0.717, 1.165) is 19.6 Å². The van der Waals surface area contributed by atoms with Crippen LogP contribution in [0, 0.1) is 0 Å². The van der Waals surface area contributed by atoms with Gasteiger partial charge in [0.1, 0.15) is 0 Å². The van der Waals surface area contributed by atoms with E-state index in [1.807, 2.05) is 0 Å². The molecule has 102 valence electrons. The van der Waals surface area contributed by atoms with E-state index >= 15 is 0 Å². The van der Waals surface area contributed by atoms with Crippen molar-refractivity contribution in [2.75, 3.05) is 39.3 Å². The molecule has 0 amide bonds. The van der Waals surface area contributed by atoms with Crippen molar-refractivity contribution in [1.82, 2.24) is 15.1 Å². The second-order valence-corrected chi connectivity index (χ2v) is 5.87.